The molecule has 0 heterocycles. The summed E-state index contributed by atoms with van der Waals surface area (Å²) in [6, 6.07) is -0.606. The molecule has 2 atom stereocenters. The first-order valence-electron chi connectivity index (χ1n) is 3.64. The van der Waals surface area contributed by atoms with E-state index < -0.39 is 12.0 Å². The van der Waals surface area contributed by atoms with E-state index in [9.17, 15) is 4.79 Å². The summed E-state index contributed by atoms with van der Waals surface area (Å²) in [5.74, 6) is -0.798. The van der Waals surface area contributed by atoms with Crippen LogP contribution in [-0.4, -0.2) is 24.2 Å². The van der Waals surface area contributed by atoms with Gasteiger partial charge in [0.05, 0.1) is 7.11 Å². The molecule has 0 bridgehead atoms. The molecule has 0 aromatic heterocycles. The van der Waals surface area contributed by atoms with E-state index in [0.717, 1.165) is 6.42 Å². The predicted octanol–water partition coefficient (Wildman–Crippen LogP) is 0.637. The van der Waals surface area contributed by atoms with E-state index in [1.54, 1.807) is 0 Å². The normalized spacial score (nSPS) is 15.9. The second-order valence-corrected chi connectivity index (χ2v) is 2.52. The first-order chi connectivity index (χ1) is 5.13. The van der Waals surface area contributed by atoms with Gasteiger partial charge in [-0.15, -0.1) is 0 Å². The van der Waals surface area contributed by atoms with Crippen molar-refractivity contribution in [1.82, 2.24) is 5.48 Å². The third-order valence-corrected chi connectivity index (χ3v) is 1.72. The lowest BCUT2D eigenvalue weighted by atomic mass is 10.0. The van der Waals surface area contributed by atoms with Crippen LogP contribution >= 0.6 is 0 Å². The molecule has 0 aliphatic heterocycles. The molecule has 0 aromatic rings. The Morgan fingerprint density at radius 2 is 2.27 bits per heavy atom. The van der Waals surface area contributed by atoms with Crippen LogP contribution in [0.4, 0.5) is 0 Å². The second kappa shape index (κ2) is 5.09. The van der Waals surface area contributed by atoms with Crippen LogP contribution in [0.1, 0.15) is 20.3 Å². The van der Waals surface area contributed by atoms with E-state index in [4.69, 9.17) is 5.11 Å². The van der Waals surface area contributed by atoms with E-state index in [1.165, 1.54) is 7.11 Å². The number of hydroxylamine groups is 1. The summed E-state index contributed by atoms with van der Waals surface area (Å²) < 4.78 is 0. The Morgan fingerprint density at radius 3 is 2.55 bits per heavy atom. The standard InChI is InChI=1S/C7H15NO3/c1-4-5(2)6(7(9)10)8-11-3/h5-6,8H,4H2,1-3H3,(H,9,10)/t5-,6+/m1/s1. The van der Waals surface area contributed by atoms with Crippen LogP contribution < -0.4 is 5.48 Å². The summed E-state index contributed by atoms with van der Waals surface area (Å²) in [5.41, 5.74) is 2.43. The van der Waals surface area contributed by atoms with Crippen molar-refractivity contribution < 1.29 is 14.7 Å². The fraction of sp³-hybridized carbons (Fsp3) is 0.857. The molecule has 0 saturated heterocycles. The molecule has 0 unspecified atom stereocenters. The Morgan fingerprint density at radius 1 is 1.73 bits per heavy atom. The lowest BCUT2D eigenvalue weighted by Gasteiger charge is -2.18. The fourth-order valence-electron chi connectivity index (χ4n) is 0.773. The average Bonchev–Trinajstić information content (AvgIpc) is 1.98. The minimum Gasteiger partial charge on any atom is -0.480 e. The maximum absolute atomic E-state index is 10.5. The zero-order valence-electron chi connectivity index (χ0n) is 7.13. The van der Waals surface area contributed by atoms with Gasteiger partial charge in [-0.1, -0.05) is 20.3 Å². The molecule has 2 N–H and O–H groups in total. The summed E-state index contributed by atoms with van der Waals surface area (Å²) in [7, 11) is 1.42. The summed E-state index contributed by atoms with van der Waals surface area (Å²) >= 11 is 0. The van der Waals surface area contributed by atoms with Gasteiger partial charge in [0, 0.05) is 0 Å². The van der Waals surface area contributed by atoms with Gasteiger partial charge >= 0.3 is 5.97 Å². The number of aliphatic carboxylic acids is 1. The van der Waals surface area contributed by atoms with Crippen molar-refractivity contribution in [3.05, 3.63) is 0 Å². The van der Waals surface area contributed by atoms with Gasteiger partial charge in [0.1, 0.15) is 6.04 Å². The predicted molar refractivity (Wildman–Crippen MR) is 41.0 cm³/mol. The van der Waals surface area contributed by atoms with Crippen molar-refractivity contribution in [3.8, 4) is 0 Å². The molecular weight excluding hydrogens is 146 g/mol. The molecule has 0 aliphatic carbocycles. The van der Waals surface area contributed by atoms with Gasteiger partial charge in [0.25, 0.3) is 0 Å². The monoisotopic (exact) mass is 161 g/mol. The van der Waals surface area contributed by atoms with E-state index in [2.05, 4.69) is 10.3 Å². The zero-order chi connectivity index (χ0) is 8.85. The van der Waals surface area contributed by atoms with Crippen LogP contribution in [0.2, 0.25) is 0 Å². The number of nitrogens with one attached hydrogen (secondary N) is 1. The second-order valence-electron chi connectivity index (χ2n) is 2.52. The van der Waals surface area contributed by atoms with E-state index in [0.29, 0.717) is 0 Å². The minimum atomic E-state index is -0.874. The van der Waals surface area contributed by atoms with Crippen molar-refractivity contribution in [2.45, 2.75) is 26.3 Å². The molecule has 0 aliphatic rings. The first-order valence-corrected chi connectivity index (χ1v) is 3.64. The van der Waals surface area contributed by atoms with Gasteiger partial charge in [0.15, 0.2) is 0 Å². The molecule has 0 rings (SSSR count). The molecule has 0 spiro atoms. The molecule has 11 heavy (non-hydrogen) atoms. The van der Waals surface area contributed by atoms with Crippen LogP contribution in [0, 0.1) is 5.92 Å². The Kier molecular flexibility index (Phi) is 4.81. The zero-order valence-corrected chi connectivity index (χ0v) is 7.13. The van der Waals surface area contributed by atoms with Crippen molar-refractivity contribution >= 4 is 5.97 Å². The van der Waals surface area contributed by atoms with E-state index in [-0.39, 0.29) is 5.92 Å². The van der Waals surface area contributed by atoms with Crippen molar-refractivity contribution in [3.63, 3.8) is 0 Å². The van der Waals surface area contributed by atoms with Gasteiger partial charge in [-0.25, -0.2) is 0 Å². The molecular formula is C7H15NO3. The highest BCUT2D eigenvalue weighted by Crippen LogP contribution is 2.07. The topological polar surface area (TPSA) is 58.6 Å². The van der Waals surface area contributed by atoms with Gasteiger partial charge in [0.2, 0.25) is 0 Å². The van der Waals surface area contributed by atoms with Crippen LogP contribution in [0.3, 0.4) is 0 Å². The van der Waals surface area contributed by atoms with Crippen LogP contribution in [0.25, 0.3) is 0 Å². The van der Waals surface area contributed by atoms with Crippen molar-refractivity contribution in [1.29, 1.82) is 0 Å². The first kappa shape index (κ1) is 10.4. The SMILES string of the molecule is CC[C@@H](C)[C@H](NOC)C(=O)O. The quantitative estimate of drug-likeness (QED) is 0.581. The lowest BCUT2D eigenvalue weighted by molar-refractivity contribution is -0.145. The number of carboxylic acid groups (broad SMARTS) is 1. The maximum Gasteiger partial charge on any atom is 0.323 e. The number of rotatable bonds is 5. The molecule has 4 heteroatoms. The molecule has 0 fully saturated rings. The molecule has 0 saturated carbocycles. The maximum atomic E-state index is 10.5. The number of carbonyl (C=O) groups is 1. The molecule has 0 radical (unpaired) electrons. The Balaban J connectivity index is 3.97. The van der Waals surface area contributed by atoms with Gasteiger partial charge in [-0.2, -0.15) is 5.48 Å². The van der Waals surface area contributed by atoms with Crippen LogP contribution in [-0.2, 0) is 9.63 Å². The largest absolute Gasteiger partial charge is 0.480 e. The number of hydrogen-bond acceptors (Lipinski definition) is 3. The van der Waals surface area contributed by atoms with E-state index >= 15 is 0 Å². The highest BCUT2D eigenvalue weighted by Gasteiger charge is 2.22. The van der Waals surface area contributed by atoms with Gasteiger partial charge < -0.3 is 9.94 Å². The van der Waals surface area contributed by atoms with Gasteiger partial charge in [-0.05, 0) is 5.92 Å². The highest BCUT2D eigenvalue weighted by molar-refractivity contribution is 5.73. The van der Waals surface area contributed by atoms with Crippen molar-refractivity contribution in [2.75, 3.05) is 7.11 Å². The molecule has 0 amide bonds. The van der Waals surface area contributed by atoms with Gasteiger partial charge in [-0.3, -0.25) is 4.79 Å². The van der Waals surface area contributed by atoms with Crippen LogP contribution in [0.15, 0.2) is 0 Å². The Hall–Kier alpha value is -0.610. The minimum absolute atomic E-state index is 0.0763. The number of carboxylic acids is 1. The molecule has 0 aromatic carbocycles. The van der Waals surface area contributed by atoms with Crippen LogP contribution in [0.5, 0.6) is 0 Å². The molecule has 66 valence electrons. The third-order valence-electron chi connectivity index (χ3n) is 1.72. The van der Waals surface area contributed by atoms with Crippen molar-refractivity contribution in [2.24, 2.45) is 5.92 Å². The summed E-state index contributed by atoms with van der Waals surface area (Å²) in [4.78, 5) is 15.1. The average molecular weight is 161 g/mol. The fourth-order valence-corrected chi connectivity index (χ4v) is 0.773. The summed E-state index contributed by atoms with van der Waals surface area (Å²) in [5, 5.41) is 8.66. The third kappa shape index (κ3) is 3.34. The lowest BCUT2D eigenvalue weighted by Crippen LogP contribution is -2.40. The summed E-state index contributed by atoms with van der Waals surface area (Å²) in [6.45, 7) is 3.81. The Labute approximate surface area is 66.5 Å². The molecule has 4 nitrogen and oxygen atoms in total. The smallest absolute Gasteiger partial charge is 0.323 e. The highest BCUT2D eigenvalue weighted by atomic mass is 16.6. The number of hydrogen-bond donors (Lipinski definition) is 2. The van der Waals surface area contributed by atoms with E-state index in [1.807, 2.05) is 13.8 Å². The summed E-state index contributed by atoms with van der Waals surface area (Å²) in [6.07, 6.45) is 0.813. The Bertz CT molecular complexity index is 127.